The Labute approximate surface area is 302 Å². The van der Waals surface area contributed by atoms with Crippen molar-refractivity contribution in [2.45, 2.75) is 52.0 Å². The van der Waals surface area contributed by atoms with E-state index in [4.69, 9.17) is 36.0 Å². The van der Waals surface area contributed by atoms with Crippen molar-refractivity contribution >= 4 is 23.5 Å². The lowest BCUT2D eigenvalue weighted by Crippen LogP contribution is -2.31. The van der Waals surface area contributed by atoms with Crippen molar-refractivity contribution in [3.63, 3.8) is 0 Å². The van der Waals surface area contributed by atoms with Crippen LogP contribution in [0.15, 0.2) is 66.7 Å². The average molecular weight is 722 g/mol. The zero-order valence-corrected chi connectivity index (χ0v) is 29.6. The molecule has 0 saturated carbocycles. The number of aliphatic carboxylic acids is 2. The van der Waals surface area contributed by atoms with Crippen LogP contribution in [0.3, 0.4) is 0 Å². The number of carboxylic acids is 2. The molecule has 3 aromatic carbocycles. The first kappa shape index (κ1) is 39.1. The number of carboxylic acid groups (broad SMARTS) is 2. The lowest BCUT2D eigenvalue weighted by Gasteiger charge is -2.17. The van der Waals surface area contributed by atoms with Gasteiger partial charge in [0.05, 0.1) is 32.2 Å². The van der Waals surface area contributed by atoms with Gasteiger partial charge in [-0.15, -0.1) is 0 Å². The van der Waals surface area contributed by atoms with E-state index in [1.54, 1.807) is 6.07 Å². The Balaban J connectivity index is 1.40. The van der Waals surface area contributed by atoms with Crippen LogP contribution in [0, 0.1) is 13.8 Å². The fourth-order valence-corrected chi connectivity index (χ4v) is 5.81. The molecular formula is C38H44ClN3O9. The molecule has 1 heterocycles. The van der Waals surface area contributed by atoms with E-state index in [2.05, 4.69) is 47.7 Å². The molecule has 272 valence electrons. The number of benzene rings is 3. The molecular weight excluding hydrogens is 678 g/mol. The first-order valence-corrected chi connectivity index (χ1v) is 16.8. The third-order valence-electron chi connectivity index (χ3n) is 8.22. The quantitative estimate of drug-likeness (QED) is 0.0674. The zero-order valence-electron chi connectivity index (χ0n) is 28.8. The Bertz CT molecular complexity index is 1790. The van der Waals surface area contributed by atoms with Gasteiger partial charge in [-0.1, -0.05) is 60.1 Å². The summed E-state index contributed by atoms with van der Waals surface area (Å²) in [6.45, 7) is 5.72. The first-order valence-electron chi connectivity index (χ1n) is 16.5. The number of hydrogen-bond acceptors (Lipinski definition) is 10. The highest BCUT2D eigenvalue weighted by Crippen LogP contribution is 2.36. The number of aromatic nitrogens is 1. The maximum atomic E-state index is 10.8. The number of pyridine rings is 1. The summed E-state index contributed by atoms with van der Waals surface area (Å²) in [4.78, 5) is 25.9. The van der Waals surface area contributed by atoms with E-state index in [0.717, 1.165) is 38.9 Å². The van der Waals surface area contributed by atoms with Gasteiger partial charge < -0.3 is 45.3 Å². The zero-order chi connectivity index (χ0) is 36.9. The molecule has 0 fully saturated rings. The summed E-state index contributed by atoms with van der Waals surface area (Å²) in [5, 5.41) is 43.3. The van der Waals surface area contributed by atoms with E-state index in [0.29, 0.717) is 30.3 Å². The number of rotatable bonds is 20. The highest BCUT2D eigenvalue weighted by molar-refractivity contribution is 6.31. The van der Waals surface area contributed by atoms with Crippen LogP contribution in [-0.2, 0) is 22.7 Å². The van der Waals surface area contributed by atoms with Crippen molar-refractivity contribution in [1.82, 2.24) is 15.6 Å². The van der Waals surface area contributed by atoms with Gasteiger partial charge in [0, 0.05) is 31.7 Å². The molecule has 0 unspecified atom stereocenters. The molecule has 0 amide bonds. The van der Waals surface area contributed by atoms with E-state index in [-0.39, 0.29) is 50.0 Å². The number of hydrogen-bond donors (Lipinski definition) is 6. The minimum absolute atomic E-state index is 0.0805. The molecule has 2 atom stereocenters. The van der Waals surface area contributed by atoms with Gasteiger partial charge in [-0.3, -0.25) is 9.59 Å². The second kappa shape index (κ2) is 19.0. The standard InChI is InChI=1S/C38H44ClN3O9/c1-23-26(22-51-38-34(39)16-27(37(42-38)49-3)19-41-21-29(44)18-36(47)48)6-4-8-32(23)33-9-5-7-31(24(33)2)25-10-12-30(13-11-25)50-15-14-40-20-28(43)17-35(45)46/h4-13,16,28-29,40-41,43-44H,14-15,17-22H2,1-3H3,(H,45,46)(H,47,48)/t28-,29-/m1/s1. The summed E-state index contributed by atoms with van der Waals surface area (Å²) >= 11 is 6.54. The van der Waals surface area contributed by atoms with Gasteiger partial charge in [0.15, 0.2) is 0 Å². The molecule has 0 radical (unpaired) electrons. The number of halogens is 1. The molecule has 0 aliphatic carbocycles. The van der Waals surface area contributed by atoms with Gasteiger partial charge in [0.1, 0.15) is 24.0 Å². The Kier molecular flexibility index (Phi) is 14.6. The molecule has 0 saturated heterocycles. The molecule has 0 spiro atoms. The predicted octanol–water partition coefficient (Wildman–Crippen LogP) is 5.00. The summed E-state index contributed by atoms with van der Waals surface area (Å²) in [7, 11) is 1.48. The Morgan fingerprint density at radius 2 is 1.39 bits per heavy atom. The van der Waals surface area contributed by atoms with E-state index in [1.165, 1.54) is 7.11 Å². The second-order valence-corrected chi connectivity index (χ2v) is 12.4. The summed E-state index contributed by atoms with van der Waals surface area (Å²) in [6.07, 6.45) is -2.63. The second-order valence-electron chi connectivity index (χ2n) is 12.0. The Morgan fingerprint density at radius 1 is 0.784 bits per heavy atom. The molecule has 4 aromatic rings. The monoisotopic (exact) mass is 721 g/mol. The van der Waals surface area contributed by atoms with Crippen molar-refractivity contribution in [2.24, 2.45) is 0 Å². The molecule has 1 aromatic heterocycles. The number of aliphatic hydroxyl groups excluding tert-OH is 2. The topological polar surface area (TPSA) is 180 Å². The minimum Gasteiger partial charge on any atom is -0.492 e. The van der Waals surface area contributed by atoms with Gasteiger partial charge in [-0.2, -0.15) is 4.98 Å². The first-order chi connectivity index (χ1) is 24.5. The van der Waals surface area contributed by atoms with Gasteiger partial charge in [-0.05, 0) is 71.0 Å². The van der Waals surface area contributed by atoms with Gasteiger partial charge >= 0.3 is 11.9 Å². The molecule has 51 heavy (non-hydrogen) atoms. The maximum Gasteiger partial charge on any atom is 0.306 e. The van der Waals surface area contributed by atoms with E-state index < -0.39 is 24.1 Å². The van der Waals surface area contributed by atoms with Crippen LogP contribution in [0.2, 0.25) is 5.02 Å². The van der Waals surface area contributed by atoms with Crippen LogP contribution in [0.4, 0.5) is 0 Å². The average Bonchev–Trinajstić information content (AvgIpc) is 3.08. The normalized spacial score (nSPS) is 12.3. The van der Waals surface area contributed by atoms with Crippen molar-refractivity contribution in [3.05, 3.63) is 94.0 Å². The molecule has 0 aliphatic rings. The van der Waals surface area contributed by atoms with E-state index in [1.807, 2.05) is 42.5 Å². The number of carbonyl (C=O) groups is 2. The highest BCUT2D eigenvalue weighted by atomic mass is 35.5. The number of nitrogens with zero attached hydrogens (tertiary/aromatic N) is 1. The fraction of sp³-hybridized carbons (Fsp3) is 0.342. The summed E-state index contributed by atoms with van der Waals surface area (Å²) in [5.41, 5.74) is 8.04. The van der Waals surface area contributed by atoms with Crippen LogP contribution in [0.25, 0.3) is 22.3 Å². The summed E-state index contributed by atoms with van der Waals surface area (Å²) < 4.78 is 17.3. The van der Waals surface area contributed by atoms with Crippen molar-refractivity contribution in [2.75, 3.05) is 33.4 Å². The third kappa shape index (κ3) is 11.4. The number of nitrogens with one attached hydrogen (secondary N) is 2. The van der Waals surface area contributed by atoms with Crippen molar-refractivity contribution in [3.8, 4) is 39.8 Å². The minimum atomic E-state index is -1.08. The van der Waals surface area contributed by atoms with Crippen molar-refractivity contribution in [1.29, 1.82) is 0 Å². The predicted molar refractivity (Wildman–Crippen MR) is 194 cm³/mol. The number of methoxy groups -OCH3 is 1. The van der Waals surface area contributed by atoms with Crippen LogP contribution in [0.5, 0.6) is 17.5 Å². The van der Waals surface area contributed by atoms with Crippen molar-refractivity contribution < 1.29 is 44.2 Å². The van der Waals surface area contributed by atoms with Crippen LogP contribution in [0.1, 0.15) is 35.1 Å². The Hall–Kier alpha value is -4.72. The van der Waals surface area contributed by atoms with E-state index in [9.17, 15) is 19.8 Å². The highest BCUT2D eigenvalue weighted by Gasteiger charge is 2.17. The SMILES string of the molecule is COc1nc(OCc2cccc(-c3cccc(-c4ccc(OCCNC[C@H](O)CC(=O)O)cc4)c3C)c2C)c(Cl)cc1CNC[C@H](O)CC(=O)O. The lowest BCUT2D eigenvalue weighted by molar-refractivity contribution is -0.140. The molecule has 0 aliphatic heterocycles. The molecule has 4 rings (SSSR count). The maximum absolute atomic E-state index is 10.8. The largest absolute Gasteiger partial charge is 0.492 e. The number of aliphatic hydroxyl groups is 2. The van der Waals surface area contributed by atoms with Gasteiger partial charge in [0.2, 0.25) is 11.8 Å². The third-order valence-corrected chi connectivity index (χ3v) is 8.49. The van der Waals surface area contributed by atoms with Gasteiger partial charge in [-0.25, -0.2) is 0 Å². The van der Waals surface area contributed by atoms with E-state index >= 15 is 0 Å². The van der Waals surface area contributed by atoms with Gasteiger partial charge in [0.25, 0.3) is 0 Å². The Morgan fingerprint density at radius 3 is 2.04 bits per heavy atom. The summed E-state index contributed by atoms with van der Waals surface area (Å²) in [5.74, 6) is -0.900. The fourth-order valence-electron chi connectivity index (χ4n) is 5.58. The smallest absolute Gasteiger partial charge is 0.306 e. The van der Waals surface area contributed by atoms with Crippen LogP contribution in [-0.4, -0.2) is 82.9 Å². The van der Waals surface area contributed by atoms with Crippen LogP contribution < -0.4 is 24.8 Å². The molecule has 0 bridgehead atoms. The molecule has 12 nitrogen and oxygen atoms in total. The molecule has 13 heteroatoms. The van der Waals surface area contributed by atoms with Crippen LogP contribution >= 0.6 is 11.6 Å². The number of ether oxygens (including phenoxy) is 3. The lowest BCUT2D eigenvalue weighted by atomic mass is 9.89. The summed E-state index contributed by atoms with van der Waals surface area (Å²) in [6, 6.07) is 21.8. The molecule has 6 N–H and O–H groups in total.